The minimum atomic E-state index is 0.0648. The molecule has 0 aliphatic rings. The normalized spacial score (nSPS) is 10.5. The van der Waals surface area contributed by atoms with E-state index in [1.54, 1.807) is 31.3 Å². The molecule has 0 radical (unpaired) electrons. The van der Waals surface area contributed by atoms with Crippen molar-refractivity contribution in [2.24, 2.45) is 10.2 Å². The number of Topliss-reactive ketones (excluding diaryl/α,β-unsaturated/α-hetero) is 1. The Labute approximate surface area is 71.1 Å². The van der Waals surface area contributed by atoms with Crippen molar-refractivity contribution in [1.29, 1.82) is 0 Å². The lowest BCUT2D eigenvalue weighted by molar-refractivity contribution is 0.101. The molecule has 0 heterocycles. The van der Waals surface area contributed by atoms with Crippen LogP contribution >= 0.6 is 0 Å². The smallest absolute Gasteiger partial charge is 0.159 e. The third kappa shape index (κ3) is 1.99. The van der Waals surface area contributed by atoms with Crippen LogP contribution in [0.2, 0.25) is 0 Å². The van der Waals surface area contributed by atoms with Gasteiger partial charge in [-0.25, -0.2) is 0 Å². The van der Waals surface area contributed by atoms with Gasteiger partial charge in [-0.2, -0.15) is 10.2 Å². The first-order chi connectivity index (χ1) is 5.74. The Kier molecular flexibility index (Phi) is 2.69. The highest BCUT2D eigenvalue weighted by molar-refractivity contribution is 5.94. The summed E-state index contributed by atoms with van der Waals surface area (Å²) >= 11 is 0. The van der Waals surface area contributed by atoms with Crippen molar-refractivity contribution in [3.05, 3.63) is 29.8 Å². The zero-order chi connectivity index (χ0) is 8.97. The number of rotatable bonds is 2. The molecule has 1 rings (SSSR count). The van der Waals surface area contributed by atoms with E-state index in [2.05, 4.69) is 10.2 Å². The molecule has 0 atom stereocenters. The van der Waals surface area contributed by atoms with Crippen LogP contribution in [0, 0.1) is 0 Å². The van der Waals surface area contributed by atoms with Crippen LogP contribution in [0.4, 0.5) is 5.69 Å². The minimum absolute atomic E-state index is 0.0648. The Morgan fingerprint density at radius 3 is 2.25 bits per heavy atom. The first-order valence-corrected chi connectivity index (χ1v) is 3.65. The molecule has 0 aliphatic heterocycles. The standard InChI is InChI=1S/C9H10N2O/c1-7(12)8-3-5-9(6-4-8)11-10-2/h3-6H,1-2H3/b11-10+. The average molecular weight is 162 g/mol. The van der Waals surface area contributed by atoms with Gasteiger partial charge in [0, 0.05) is 12.6 Å². The summed E-state index contributed by atoms with van der Waals surface area (Å²) in [5.41, 5.74) is 1.47. The number of ketones is 1. The van der Waals surface area contributed by atoms with Crippen LogP contribution in [0.5, 0.6) is 0 Å². The highest BCUT2D eigenvalue weighted by atomic mass is 16.1. The van der Waals surface area contributed by atoms with Gasteiger partial charge in [-0.05, 0) is 31.2 Å². The maximum atomic E-state index is 10.9. The second kappa shape index (κ2) is 3.76. The SMILES string of the molecule is C/N=N/c1ccc(C(C)=O)cc1. The van der Waals surface area contributed by atoms with Gasteiger partial charge in [-0.3, -0.25) is 4.79 Å². The molecule has 0 bridgehead atoms. The van der Waals surface area contributed by atoms with E-state index in [0.717, 1.165) is 5.69 Å². The Morgan fingerprint density at radius 2 is 1.83 bits per heavy atom. The molecule has 0 saturated carbocycles. The number of nitrogens with zero attached hydrogens (tertiary/aromatic N) is 2. The summed E-state index contributed by atoms with van der Waals surface area (Å²) in [6.45, 7) is 1.54. The monoisotopic (exact) mass is 162 g/mol. The summed E-state index contributed by atoms with van der Waals surface area (Å²) in [5.74, 6) is 0.0648. The fraction of sp³-hybridized carbons (Fsp3) is 0.222. The van der Waals surface area contributed by atoms with Gasteiger partial charge in [0.2, 0.25) is 0 Å². The summed E-state index contributed by atoms with van der Waals surface area (Å²) in [7, 11) is 1.61. The van der Waals surface area contributed by atoms with Gasteiger partial charge in [0.1, 0.15) is 0 Å². The van der Waals surface area contributed by atoms with E-state index in [-0.39, 0.29) is 5.78 Å². The van der Waals surface area contributed by atoms with Gasteiger partial charge in [0.15, 0.2) is 5.78 Å². The van der Waals surface area contributed by atoms with Crippen molar-refractivity contribution in [3.63, 3.8) is 0 Å². The number of hydrogen-bond acceptors (Lipinski definition) is 3. The van der Waals surface area contributed by atoms with Crippen molar-refractivity contribution in [2.45, 2.75) is 6.92 Å². The number of hydrogen-bond donors (Lipinski definition) is 0. The third-order valence-corrected chi connectivity index (χ3v) is 1.49. The molecule has 0 spiro atoms. The zero-order valence-electron chi connectivity index (χ0n) is 7.11. The van der Waals surface area contributed by atoms with Crippen molar-refractivity contribution in [2.75, 3.05) is 7.05 Å². The van der Waals surface area contributed by atoms with Gasteiger partial charge in [-0.1, -0.05) is 0 Å². The molecule has 1 aromatic rings. The Bertz CT molecular complexity index is 301. The van der Waals surface area contributed by atoms with E-state index < -0.39 is 0 Å². The molecule has 62 valence electrons. The lowest BCUT2D eigenvalue weighted by Crippen LogP contribution is -1.89. The maximum Gasteiger partial charge on any atom is 0.159 e. The average Bonchev–Trinajstić information content (AvgIpc) is 2.06. The highest BCUT2D eigenvalue weighted by Gasteiger charge is 1.96. The molecule has 1 aromatic carbocycles. The molecule has 0 saturated heterocycles. The molecule has 0 fully saturated rings. The number of benzene rings is 1. The van der Waals surface area contributed by atoms with E-state index in [4.69, 9.17) is 0 Å². The fourth-order valence-electron chi connectivity index (χ4n) is 0.878. The number of carbonyl (C=O) groups excluding carboxylic acids is 1. The summed E-state index contributed by atoms with van der Waals surface area (Å²) < 4.78 is 0. The Balaban J connectivity index is 2.93. The van der Waals surface area contributed by atoms with Crippen LogP contribution in [-0.2, 0) is 0 Å². The van der Waals surface area contributed by atoms with Gasteiger partial charge in [-0.15, -0.1) is 0 Å². The largest absolute Gasteiger partial charge is 0.295 e. The van der Waals surface area contributed by atoms with Crippen LogP contribution in [0.3, 0.4) is 0 Å². The first kappa shape index (κ1) is 8.59. The molecular weight excluding hydrogens is 152 g/mol. The zero-order valence-corrected chi connectivity index (χ0v) is 7.11. The van der Waals surface area contributed by atoms with E-state index in [1.807, 2.05) is 0 Å². The van der Waals surface area contributed by atoms with Crippen LogP contribution in [0.15, 0.2) is 34.5 Å². The van der Waals surface area contributed by atoms with E-state index >= 15 is 0 Å². The summed E-state index contributed by atoms with van der Waals surface area (Å²) in [4.78, 5) is 10.9. The maximum absolute atomic E-state index is 10.9. The molecule has 0 aliphatic carbocycles. The number of azo groups is 1. The summed E-state index contributed by atoms with van der Waals surface area (Å²) in [6.07, 6.45) is 0. The molecule has 0 unspecified atom stereocenters. The quantitative estimate of drug-likeness (QED) is 0.486. The lowest BCUT2D eigenvalue weighted by Gasteiger charge is -1.94. The number of carbonyl (C=O) groups is 1. The van der Waals surface area contributed by atoms with Crippen molar-refractivity contribution >= 4 is 11.5 Å². The Morgan fingerprint density at radius 1 is 1.25 bits per heavy atom. The third-order valence-electron chi connectivity index (χ3n) is 1.49. The van der Waals surface area contributed by atoms with Gasteiger partial charge in [0.05, 0.1) is 5.69 Å². The topological polar surface area (TPSA) is 41.8 Å². The Hall–Kier alpha value is -1.51. The molecule has 3 nitrogen and oxygen atoms in total. The second-order valence-electron chi connectivity index (χ2n) is 2.40. The predicted octanol–water partition coefficient (Wildman–Crippen LogP) is 2.60. The van der Waals surface area contributed by atoms with E-state index in [0.29, 0.717) is 5.56 Å². The van der Waals surface area contributed by atoms with Crippen molar-refractivity contribution in [3.8, 4) is 0 Å². The molecule has 0 aromatic heterocycles. The van der Waals surface area contributed by atoms with Crippen LogP contribution in [-0.4, -0.2) is 12.8 Å². The fourth-order valence-corrected chi connectivity index (χ4v) is 0.878. The first-order valence-electron chi connectivity index (χ1n) is 3.65. The molecule has 12 heavy (non-hydrogen) atoms. The van der Waals surface area contributed by atoms with Gasteiger partial charge >= 0.3 is 0 Å². The van der Waals surface area contributed by atoms with Gasteiger partial charge in [0.25, 0.3) is 0 Å². The van der Waals surface area contributed by atoms with Gasteiger partial charge < -0.3 is 0 Å². The van der Waals surface area contributed by atoms with E-state index in [1.165, 1.54) is 6.92 Å². The summed E-state index contributed by atoms with van der Waals surface area (Å²) in [5, 5.41) is 7.44. The van der Waals surface area contributed by atoms with Crippen LogP contribution in [0.1, 0.15) is 17.3 Å². The molecule has 0 amide bonds. The summed E-state index contributed by atoms with van der Waals surface area (Å²) in [6, 6.07) is 7.02. The van der Waals surface area contributed by atoms with E-state index in [9.17, 15) is 4.79 Å². The van der Waals surface area contributed by atoms with Crippen molar-refractivity contribution < 1.29 is 4.79 Å². The van der Waals surface area contributed by atoms with Crippen molar-refractivity contribution in [1.82, 2.24) is 0 Å². The molecule has 3 heteroatoms. The molecular formula is C9H10N2O. The molecule has 0 N–H and O–H groups in total. The predicted molar refractivity (Wildman–Crippen MR) is 46.9 cm³/mol. The highest BCUT2D eigenvalue weighted by Crippen LogP contribution is 2.13. The minimum Gasteiger partial charge on any atom is -0.295 e. The lowest BCUT2D eigenvalue weighted by atomic mass is 10.1. The van der Waals surface area contributed by atoms with Crippen LogP contribution < -0.4 is 0 Å². The second-order valence-corrected chi connectivity index (χ2v) is 2.40. The van der Waals surface area contributed by atoms with Crippen LogP contribution in [0.25, 0.3) is 0 Å².